The molecule has 25 heavy (non-hydrogen) atoms. The number of ether oxygens (including phenoxy) is 1. The zero-order valence-electron chi connectivity index (χ0n) is 14.4. The van der Waals surface area contributed by atoms with Crippen LogP contribution in [0.5, 0.6) is 5.75 Å². The Morgan fingerprint density at radius 2 is 2.00 bits per heavy atom. The van der Waals surface area contributed by atoms with Gasteiger partial charge in [0.1, 0.15) is 17.4 Å². The summed E-state index contributed by atoms with van der Waals surface area (Å²) in [7, 11) is 0. The van der Waals surface area contributed by atoms with Gasteiger partial charge >= 0.3 is 11.6 Å². The zero-order chi connectivity index (χ0) is 18.6. The molecular weight excluding hydrogens is 326 g/mol. The summed E-state index contributed by atoms with van der Waals surface area (Å²) in [6.45, 7) is 5.05. The maximum Gasteiger partial charge on any atom is 0.339 e. The Bertz CT molecular complexity index is 855. The van der Waals surface area contributed by atoms with Gasteiger partial charge in [0.2, 0.25) is 0 Å². The lowest BCUT2D eigenvalue weighted by Crippen LogP contribution is -2.42. The predicted octanol–water partition coefficient (Wildman–Crippen LogP) is 2.16. The van der Waals surface area contributed by atoms with Crippen molar-refractivity contribution in [2.24, 2.45) is 0 Å². The summed E-state index contributed by atoms with van der Waals surface area (Å²) in [5.74, 6) is -1.24. The Hall–Kier alpha value is -2.83. The molecule has 0 aliphatic rings. The van der Waals surface area contributed by atoms with Crippen molar-refractivity contribution in [3.05, 3.63) is 39.7 Å². The molecule has 1 atom stereocenters. The summed E-state index contributed by atoms with van der Waals surface area (Å²) in [4.78, 5) is 34.6. The molecule has 0 aliphatic carbocycles. The van der Waals surface area contributed by atoms with Gasteiger partial charge in [-0.25, -0.2) is 9.59 Å². The van der Waals surface area contributed by atoms with Gasteiger partial charge in [0.15, 0.2) is 6.61 Å². The standard InChI is InChI=1S/C18H21NO6/c1-4-5-14(17(21)22)19-16(20)9-24-12-6-7-13-10(2)11(3)18(23)25-15(13)8-12/h6-8,14H,4-5,9H2,1-3H3,(H,19,20)(H,21,22). The van der Waals surface area contributed by atoms with E-state index in [1.165, 1.54) is 6.07 Å². The molecule has 1 amide bonds. The molecule has 0 fully saturated rings. The average molecular weight is 347 g/mol. The molecule has 0 saturated carbocycles. The van der Waals surface area contributed by atoms with Gasteiger partial charge < -0.3 is 19.6 Å². The van der Waals surface area contributed by atoms with Gasteiger partial charge in [-0.05, 0) is 38.0 Å². The van der Waals surface area contributed by atoms with Crippen LogP contribution in [0.2, 0.25) is 0 Å². The van der Waals surface area contributed by atoms with Crippen LogP contribution in [0.25, 0.3) is 11.0 Å². The lowest BCUT2D eigenvalue weighted by Gasteiger charge is -2.14. The van der Waals surface area contributed by atoms with E-state index in [1.807, 2.05) is 13.8 Å². The second-order valence-corrected chi connectivity index (χ2v) is 5.83. The molecule has 7 nitrogen and oxygen atoms in total. The lowest BCUT2D eigenvalue weighted by molar-refractivity contribution is -0.142. The van der Waals surface area contributed by atoms with Crippen LogP contribution in [0.15, 0.2) is 27.4 Å². The van der Waals surface area contributed by atoms with Crippen molar-refractivity contribution in [1.82, 2.24) is 5.32 Å². The fourth-order valence-electron chi connectivity index (χ4n) is 2.45. The SMILES string of the molecule is CCCC(NC(=O)COc1ccc2c(C)c(C)c(=O)oc2c1)C(=O)O. The van der Waals surface area contributed by atoms with Crippen molar-refractivity contribution in [2.75, 3.05) is 6.61 Å². The molecule has 1 heterocycles. The van der Waals surface area contributed by atoms with Gasteiger partial charge in [0.25, 0.3) is 5.91 Å². The summed E-state index contributed by atoms with van der Waals surface area (Å²) in [5.41, 5.74) is 1.35. The molecule has 1 aromatic carbocycles. The van der Waals surface area contributed by atoms with Crippen molar-refractivity contribution in [3.63, 3.8) is 0 Å². The van der Waals surface area contributed by atoms with Crippen LogP contribution in [0.1, 0.15) is 30.9 Å². The highest BCUT2D eigenvalue weighted by atomic mass is 16.5. The molecule has 0 aliphatic heterocycles. The molecule has 7 heteroatoms. The van der Waals surface area contributed by atoms with Crippen molar-refractivity contribution >= 4 is 22.8 Å². The fourth-order valence-corrected chi connectivity index (χ4v) is 2.45. The largest absolute Gasteiger partial charge is 0.484 e. The van der Waals surface area contributed by atoms with Crippen LogP contribution >= 0.6 is 0 Å². The van der Waals surface area contributed by atoms with E-state index in [1.54, 1.807) is 19.1 Å². The number of nitrogens with one attached hydrogen (secondary N) is 1. The van der Waals surface area contributed by atoms with Gasteiger partial charge in [-0.1, -0.05) is 13.3 Å². The summed E-state index contributed by atoms with van der Waals surface area (Å²) in [5, 5.41) is 12.2. The van der Waals surface area contributed by atoms with E-state index in [0.717, 1.165) is 10.9 Å². The van der Waals surface area contributed by atoms with Gasteiger partial charge in [-0.3, -0.25) is 4.79 Å². The quantitative estimate of drug-likeness (QED) is 0.744. The van der Waals surface area contributed by atoms with Crippen LogP contribution < -0.4 is 15.7 Å². The number of carbonyl (C=O) groups excluding carboxylic acids is 1. The van der Waals surface area contributed by atoms with E-state index < -0.39 is 23.5 Å². The molecular formula is C18H21NO6. The number of aryl methyl sites for hydroxylation is 1. The fraction of sp³-hybridized carbons (Fsp3) is 0.389. The minimum Gasteiger partial charge on any atom is -0.484 e. The number of fused-ring (bicyclic) bond motifs is 1. The molecule has 0 saturated heterocycles. The number of hydrogen-bond acceptors (Lipinski definition) is 5. The Kier molecular flexibility index (Phi) is 5.80. The van der Waals surface area contributed by atoms with Crippen LogP contribution in [0.3, 0.4) is 0 Å². The summed E-state index contributed by atoms with van der Waals surface area (Å²) < 4.78 is 10.6. The number of amides is 1. The normalized spacial score (nSPS) is 12.0. The molecule has 2 rings (SSSR count). The number of carbonyl (C=O) groups is 2. The van der Waals surface area contributed by atoms with E-state index in [9.17, 15) is 14.4 Å². The Balaban J connectivity index is 2.08. The van der Waals surface area contributed by atoms with Crippen LogP contribution in [-0.2, 0) is 9.59 Å². The second kappa shape index (κ2) is 7.83. The third kappa shape index (κ3) is 4.37. The van der Waals surface area contributed by atoms with E-state index >= 15 is 0 Å². The molecule has 0 bridgehead atoms. The third-order valence-electron chi connectivity index (χ3n) is 4.01. The minimum atomic E-state index is -1.08. The number of rotatable bonds is 7. The average Bonchev–Trinajstić information content (AvgIpc) is 2.57. The van der Waals surface area contributed by atoms with Gasteiger partial charge in [-0.15, -0.1) is 0 Å². The first-order chi connectivity index (χ1) is 11.8. The lowest BCUT2D eigenvalue weighted by atomic mass is 10.1. The van der Waals surface area contributed by atoms with E-state index in [4.69, 9.17) is 14.3 Å². The summed E-state index contributed by atoms with van der Waals surface area (Å²) >= 11 is 0. The maximum absolute atomic E-state index is 11.8. The minimum absolute atomic E-state index is 0.325. The summed E-state index contributed by atoms with van der Waals surface area (Å²) in [6, 6.07) is 4.03. The van der Waals surface area contributed by atoms with Crippen LogP contribution in [0.4, 0.5) is 0 Å². The summed E-state index contributed by atoms with van der Waals surface area (Å²) in [6.07, 6.45) is 0.988. The van der Waals surface area contributed by atoms with Crippen molar-refractivity contribution < 1.29 is 23.8 Å². The molecule has 2 aromatic rings. The zero-order valence-corrected chi connectivity index (χ0v) is 14.4. The van der Waals surface area contributed by atoms with Gasteiger partial charge in [0.05, 0.1) is 0 Å². The first kappa shape index (κ1) is 18.5. The number of carboxylic acids is 1. The third-order valence-corrected chi connectivity index (χ3v) is 4.01. The highest BCUT2D eigenvalue weighted by Gasteiger charge is 2.19. The van der Waals surface area contributed by atoms with Gasteiger partial charge in [0, 0.05) is 17.0 Å². The van der Waals surface area contributed by atoms with E-state index in [-0.39, 0.29) is 6.61 Å². The second-order valence-electron chi connectivity index (χ2n) is 5.83. The molecule has 2 N–H and O–H groups in total. The van der Waals surface area contributed by atoms with Crippen molar-refractivity contribution in [2.45, 2.75) is 39.7 Å². The molecule has 0 spiro atoms. The first-order valence-electron chi connectivity index (χ1n) is 8.02. The first-order valence-corrected chi connectivity index (χ1v) is 8.02. The van der Waals surface area contributed by atoms with E-state index in [2.05, 4.69) is 5.32 Å². The highest BCUT2D eigenvalue weighted by Crippen LogP contribution is 2.23. The van der Waals surface area contributed by atoms with Crippen molar-refractivity contribution in [1.29, 1.82) is 0 Å². The molecule has 1 unspecified atom stereocenters. The number of hydrogen-bond donors (Lipinski definition) is 2. The number of carboxylic acid groups (broad SMARTS) is 1. The monoisotopic (exact) mass is 347 g/mol. The molecule has 134 valence electrons. The van der Waals surface area contributed by atoms with Crippen molar-refractivity contribution in [3.8, 4) is 5.75 Å². The van der Waals surface area contributed by atoms with Gasteiger partial charge in [-0.2, -0.15) is 0 Å². The number of aliphatic carboxylic acids is 1. The van der Waals surface area contributed by atoms with E-state index in [0.29, 0.717) is 29.7 Å². The smallest absolute Gasteiger partial charge is 0.339 e. The Morgan fingerprint density at radius 3 is 2.64 bits per heavy atom. The maximum atomic E-state index is 11.8. The Morgan fingerprint density at radius 1 is 1.28 bits per heavy atom. The molecule has 0 radical (unpaired) electrons. The molecule has 1 aromatic heterocycles. The Labute approximate surface area is 144 Å². The number of benzene rings is 1. The topological polar surface area (TPSA) is 106 Å². The highest BCUT2D eigenvalue weighted by molar-refractivity contribution is 5.85. The predicted molar refractivity (Wildman–Crippen MR) is 91.9 cm³/mol. The van der Waals surface area contributed by atoms with Crippen LogP contribution in [-0.4, -0.2) is 29.6 Å². The van der Waals surface area contributed by atoms with Crippen LogP contribution in [0, 0.1) is 13.8 Å².